The summed E-state index contributed by atoms with van der Waals surface area (Å²) in [7, 11) is 0. The molecule has 0 aliphatic rings. The predicted molar refractivity (Wildman–Crippen MR) is 183 cm³/mol. The largest absolute Gasteiger partial charge is 0.299 e. The molecule has 0 rings (SSSR count). The highest BCUT2D eigenvalue weighted by atomic mass is 16.1. The van der Waals surface area contributed by atoms with Crippen LogP contribution in [0.25, 0.3) is 0 Å². The number of ketones is 2. The molecule has 0 radical (unpaired) electrons. The Bertz CT molecular complexity index is 494. The lowest BCUT2D eigenvalue weighted by atomic mass is 9.89. The fraction of sp³-hybridized carbons (Fsp3) is 0.949. The fourth-order valence-electron chi connectivity index (χ4n) is 6.32. The van der Waals surface area contributed by atoms with E-state index in [2.05, 4.69) is 13.8 Å². The summed E-state index contributed by atoms with van der Waals surface area (Å²) in [6.07, 6.45) is 42.1. The number of carbonyl (C=O) groups excluding carboxylic acids is 2. The number of hydrogen-bond donors (Lipinski definition) is 0. The van der Waals surface area contributed by atoms with Crippen LogP contribution < -0.4 is 0 Å². The van der Waals surface area contributed by atoms with Crippen molar-refractivity contribution in [2.45, 2.75) is 233 Å². The van der Waals surface area contributed by atoms with E-state index in [1.807, 2.05) is 6.92 Å². The topological polar surface area (TPSA) is 34.1 Å². The summed E-state index contributed by atoms with van der Waals surface area (Å²) < 4.78 is 0. The standard InChI is InChI=1S/C39H76O2/c1-4-7-9-11-13-15-17-19-21-23-25-27-29-31-33-35-38(40)37(6-3)39(41)36-34-32-30-28-26-24-22-20-18-16-14-12-10-8-5-2/h37H,4-36H2,1-3H3. The molecule has 0 heterocycles. The molecule has 0 saturated heterocycles. The van der Waals surface area contributed by atoms with Crippen molar-refractivity contribution in [2.75, 3.05) is 0 Å². The van der Waals surface area contributed by atoms with Crippen LogP contribution in [0.5, 0.6) is 0 Å². The zero-order chi connectivity index (χ0) is 30.1. The lowest BCUT2D eigenvalue weighted by molar-refractivity contribution is -0.133. The van der Waals surface area contributed by atoms with E-state index in [9.17, 15) is 9.59 Å². The first-order valence-corrected chi connectivity index (χ1v) is 19.2. The Morgan fingerprint density at radius 3 is 0.707 bits per heavy atom. The second-order valence-corrected chi connectivity index (χ2v) is 13.3. The van der Waals surface area contributed by atoms with Gasteiger partial charge in [-0.3, -0.25) is 9.59 Å². The summed E-state index contributed by atoms with van der Waals surface area (Å²) in [6.45, 7) is 6.58. The molecule has 0 N–H and O–H groups in total. The van der Waals surface area contributed by atoms with E-state index in [1.54, 1.807) is 0 Å². The Hall–Kier alpha value is -0.660. The highest BCUT2D eigenvalue weighted by molar-refractivity contribution is 6.02. The van der Waals surface area contributed by atoms with Crippen molar-refractivity contribution >= 4 is 11.6 Å². The summed E-state index contributed by atoms with van der Waals surface area (Å²) in [4.78, 5) is 25.4. The highest BCUT2D eigenvalue weighted by Gasteiger charge is 2.23. The number of hydrogen-bond acceptors (Lipinski definition) is 2. The van der Waals surface area contributed by atoms with Crippen LogP contribution in [0.15, 0.2) is 0 Å². The summed E-state index contributed by atoms with van der Waals surface area (Å²) in [6, 6.07) is 0. The van der Waals surface area contributed by atoms with Crippen LogP contribution in [-0.4, -0.2) is 11.6 Å². The van der Waals surface area contributed by atoms with Gasteiger partial charge in [0.05, 0.1) is 5.92 Å². The second-order valence-electron chi connectivity index (χ2n) is 13.3. The molecule has 0 saturated carbocycles. The van der Waals surface area contributed by atoms with Crippen molar-refractivity contribution < 1.29 is 9.59 Å². The summed E-state index contributed by atoms with van der Waals surface area (Å²) in [5.41, 5.74) is 0. The Labute approximate surface area is 259 Å². The number of unbranched alkanes of at least 4 members (excludes halogenated alkanes) is 28. The lowest BCUT2D eigenvalue weighted by Gasteiger charge is -2.13. The average molecular weight is 577 g/mol. The molecule has 0 unspecified atom stereocenters. The first-order valence-electron chi connectivity index (χ1n) is 19.2. The SMILES string of the molecule is CCCCCCCCCCCCCCCCCC(=O)C(CC)C(=O)CCCCCCCCCCCCCCCCC. The zero-order valence-corrected chi connectivity index (χ0v) is 28.7. The third-order valence-corrected chi connectivity index (χ3v) is 9.24. The molecule has 0 fully saturated rings. The molecule has 41 heavy (non-hydrogen) atoms. The highest BCUT2D eigenvalue weighted by Crippen LogP contribution is 2.19. The van der Waals surface area contributed by atoms with Gasteiger partial charge in [0.1, 0.15) is 11.6 Å². The van der Waals surface area contributed by atoms with Gasteiger partial charge in [-0.15, -0.1) is 0 Å². The van der Waals surface area contributed by atoms with Gasteiger partial charge in [0, 0.05) is 12.8 Å². The maximum atomic E-state index is 12.7. The first kappa shape index (κ1) is 40.3. The fourth-order valence-corrected chi connectivity index (χ4v) is 6.32. The third-order valence-electron chi connectivity index (χ3n) is 9.24. The van der Waals surface area contributed by atoms with E-state index in [1.165, 1.54) is 167 Å². The molecule has 0 aliphatic heterocycles. The van der Waals surface area contributed by atoms with Gasteiger partial charge in [-0.2, -0.15) is 0 Å². The van der Waals surface area contributed by atoms with Gasteiger partial charge in [0.15, 0.2) is 0 Å². The number of Topliss-reactive ketones (excluding diaryl/α,β-unsaturated/α-hetero) is 2. The van der Waals surface area contributed by atoms with Crippen molar-refractivity contribution in [2.24, 2.45) is 5.92 Å². The van der Waals surface area contributed by atoms with Crippen LogP contribution in [0.3, 0.4) is 0 Å². The molecule has 0 aliphatic carbocycles. The minimum absolute atomic E-state index is 0.216. The molecule has 0 amide bonds. The quantitative estimate of drug-likeness (QED) is 0.0555. The van der Waals surface area contributed by atoms with Crippen molar-refractivity contribution in [1.29, 1.82) is 0 Å². The van der Waals surface area contributed by atoms with Crippen LogP contribution in [0.1, 0.15) is 233 Å². The molecule has 0 aromatic rings. The first-order chi connectivity index (χ1) is 20.2. The smallest absolute Gasteiger partial charge is 0.143 e. The van der Waals surface area contributed by atoms with Crippen molar-refractivity contribution in [3.8, 4) is 0 Å². The van der Waals surface area contributed by atoms with Gasteiger partial charge in [0.2, 0.25) is 0 Å². The number of rotatable bonds is 35. The van der Waals surface area contributed by atoms with E-state index in [0.717, 1.165) is 25.7 Å². The Morgan fingerprint density at radius 2 is 0.512 bits per heavy atom. The molecule has 0 bridgehead atoms. The van der Waals surface area contributed by atoms with Crippen molar-refractivity contribution in [1.82, 2.24) is 0 Å². The minimum atomic E-state index is -0.326. The second kappa shape index (κ2) is 33.8. The normalized spacial score (nSPS) is 11.5. The Morgan fingerprint density at radius 1 is 0.317 bits per heavy atom. The van der Waals surface area contributed by atoms with E-state index < -0.39 is 0 Å². The Kier molecular flexibility index (Phi) is 33.3. The monoisotopic (exact) mass is 577 g/mol. The average Bonchev–Trinajstić information content (AvgIpc) is 2.97. The molecule has 2 heteroatoms. The number of carbonyl (C=O) groups is 2. The molecule has 0 aromatic heterocycles. The molecule has 0 atom stereocenters. The van der Waals surface area contributed by atoms with Gasteiger partial charge in [0.25, 0.3) is 0 Å². The lowest BCUT2D eigenvalue weighted by Crippen LogP contribution is -2.23. The molecular formula is C39H76O2. The van der Waals surface area contributed by atoms with Crippen LogP contribution >= 0.6 is 0 Å². The van der Waals surface area contributed by atoms with E-state index in [-0.39, 0.29) is 17.5 Å². The Balaban J connectivity index is 3.53. The van der Waals surface area contributed by atoms with E-state index in [4.69, 9.17) is 0 Å². The van der Waals surface area contributed by atoms with Gasteiger partial charge in [-0.25, -0.2) is 0 Å². The van der Waals surface area contributed by atoms with Crippen molar-refractivity contribution in [3.63, 3.8) is 0 Å². The van der Waals surface area contributed by atoms with E-state index >= 15 is 0 Å². The van der Waals surface area contributed by atoms with Crippen LogP contribution in [0.2, 0.25) is 0 Å². The van der Waals surface area contributed by atoms with Crippen molar-refractivity contribution in [3.05, 3.63) is 0 Å². The maximum Gasteiger partial charge on any atom is 0.143 e. The third kappa shape index (κ3) is 29.2. The van der Waals surface area contributed by atoms with E-state index in [0.29, 0.717) is 19.3 Å². The van der Waals surface area contributed by atoms with Gasteiger partial charge >= 0.3 is 0 Å². The predicted octanol–water partition coefficient (Wildman–Crippen LogP) is 13.7. The van der Waals surface area contributed by atoms with Gasteiger partial charge < -0.3 is 0 Å². The van der Waals surface area contributed by atoms with Crippen LogP contribution in [0.4, 0.5) is 0 Å². The molecule has 244 valence electrons. The summed E-state index contributed by atoms with van der Waals surface area (Å²) >= 11 is 0. The van der Waals surface area contributed by atoms with Gasteiger partial charge in [-0.1, -0.05) is 201 Å². The molecule has 2 nitrogen and oxygen atoms in total. The van der Waals surface area contributed by atoms with Crippen LogP contribution in [-0.2, 0) is 9.59 Å². The van der Waals surface area contributed by atoms with Gasteiger partial charge in [-0.05, 0) is 19.3 Å². The molecule has 0 aromatic carbocycles. The maximum absolute atomic E-state index is 12.7. The summed E-state index contributed by atoms with van der Waals surface area (Å²) in [5, 5.41) is 0. The molecular weight excluding hydrogens is 500 g/mol. The zero-order valence-electron chi connectivity index (χ0n) is 28.7. The van der Waals surface area contributed by atoms with Crippen LogP contribution in [0, 0.1) is 5.92 Å². The molecule has 0 spiro atoms. The minimum Gasteiger partial charge on any atom is -0.299 e. The summed E-state index contributed by atoms with van der Waals surface area (Å²) in [5.74, 6) is 0.106.